The molecule has 0 aromatic carbocycles. The Balaban J connectivity index is 2.23. The topological polar surface area (TPSA) is 93.2 Å². The molecule has 0 aliphatic heterocycles. The molecule has 2 aromatic heterocycles. The summed E-state index contributed by atoms with van der Waals surface area (Å²) in [4.78, 5) is 8.78. The number of fused-ring (bicyclic) bond motifs is 1. The molecular weight excluding hydrogens is 242 g/mol. The Bertz CT molecular complexity index is 546. The first-order valence-electron chi connectivity index (χ1n) is 6.61. The van der Waals surface area contributed by atoms with Crippen molar-refractivity contribution in [2.75, 3.05) is 17.3 Å². The van der Waals surface area contributed by atoms with Crippen LogP contribution >= 0.6 is 0 Å². The van der Waals surface area contributed by atoms with Gasteiger partial charge >= 0.3 is 0 Å². The predicted octanol–water partition coefficient (Wildman–Crippen LogP) is 1.43. The number of rotatable bonds is 6. The Morgan fingerprint density at radius 1 is 1.37 bits per heavy atom. The Morgan fingerprint density at radius 3 is 2.79 bits per heavy atom. The molecule has 19 heavy (non-hydrogen) atoms. The van der Waals surface area contributed by atoms with E-state index in [9.17, 15) is 0 Å². The van der Waals surface area contributed by atoms with E-state index in [2.05, 4.69) is 39.7 Å². The van der Waals surface area contributed by atoms with Gasteiger partial charge in [-0.3, -0.25) is 0 Å². The second-order valence-electron chi connectivity index (χ2n) is 4.89. The summed E-state index contributed by atoms with van der Waals surface area (Å²) in [6, 6.07) is 1.87. The zero-order valence-corrected chi connectivity index (χ0v) is 11.6. The van der Waals surface area contributed by atoms with Crippen LogP contribution < -0.4 is 16.6 Å². The van der Waals surface area contributed by atoms with Gasteiger partial charge in [0.15, 0.2) is 0 Å². The summed E-state index contributed by atoms with van der Waals surface area (Å²) in [5, 5.41) is 7.55. The van der Waals surface area contributed by atoms with Gasteiger partial charge in [-0.25, -0.2) is 10.8 Å². The average molecular weight is 263 g/mol. The van der Waals surface area contributed by atoms with Gasteiger partial charge in [-0.05, 0) is 18.8 Å². The first kappa shape index (κ1) is 13.5. The number of nitrogens with one attached hydrogen (secondary N) is 2. The standard InChI is InChI=1S/C12H21N7/c1-4-9-7-10(17-13)19-12(15-9)16-11(18-19)14-6-5-8(2)3/h7-8,17H,4-6,13H2,1-3H3,(H,14,18). The van der Waals surface area contributed by atoms with E-state index in [1.807, 2.05) is 13.0 Å². The molecule has 0 saturated heterocycles. The van der Waals surface area contributed by atoms with E-state index in [-0.39, 0.29) is 0 Å². The Labute approximate surface area is 112 Å². The summed E-state index contributed by atoms with van der Waals surface area (Å²) in [5.74, 6) is 7.97. The first-order valence-corrected chi connectivity index (χ1v) is 6.61. The number of hydrogen-bond donors (Lipinski definition) is 3. The van der Waals surface area contributed by atoms with Crippen molar-refractivity contribution in [3.05, 3.63) is 11.8 Å². The van der Waals surface area contributed by atoms with E-state index in [0.717, 1.165) is 25.1 Å². The fraction of sp³-hybridized carbons (Fsp3) is 0.583. The molecule has 7 nitrogen and oxygen atoms in total. The SMILES string of the molecule is CCc1cc(NN)n2nc(NCCC(C)C)nc2n1. The van der Waals surface area contributed by atoms with Crippen LogP contribution in [0.4, 0.5) is 11.8 Å². The minimum Gasteiger partial charge on any atom is -0.353 e. The van der Waals surface area contributed by atoms with E-state index in [4.69, 9.17) is 5.84 Å². The number of nitrogen functional groups attached to an aromatic ring is 1. The van der Waals surface area contributed by atoms with Crippen LogP contribution in [0.1, 0.15) is 32.9 Å². The van der Waals surface area contributed by atoms with Crippen LogP contribution in [-0.4, -0.2) is 26.1 Å². The maximum absolute atomic E-state index is 5.50. The summed E-state index contributed by atoms with van der Waals surface area (Å²) in [6.07, 6.45) is 1.90. The molecule has 0 amide bonds. The van der Waals surface area contributed by atoms with E-state index in [0.29, 0.717) is 23.5 Å². The van der Waals surface area contributed by atoms with Gasteiger partial charge in [0.2, 0.25) is 5.95 Å². The third kappa shape index (κ3) is 3.11. The highest BCUT2D eigenvalue weighted by Crippen LogP contribution is 2.13. The van der Waals surface area contributed by atoms with Gasteiger partial charge in [0.25, 0.3) is 5.78 Å². The van der Waals surface area contributed by atoms with Gasteiger partial charge in [0.05, 0.1) is 0 Å². The van der Waals surface area contributed by atoms with Crippen molar-refractivity contribution in [1.82, 2.24) is 19.6 Å². The number of aryl methyl sites for hydroxylation is 1. The maximum atomic E-state index is 5.50. The van der Waals surface area contributed by atoms with E-state index >= 15 is 0 Å². The fourth-order valence-corrected chi connectivity index (χ4v) is 1.75. The summed E-state index contributed by atoms with van der Waals surface area (Å²) in [7, 11) is 0. The normalized spacial score (nSPS) is 11.2. The second kappa shape index (κ2) is 5.83. The molecule has 7 heteroatoms. The lowest BCUT2D eigenvalue weighted by Crippen LogP contribution is -2.13. The minimum absolute atomic E-state index is 0.555. The van der Waals surface area contributed by atoms with Crippen molar-refractivity contribution in [2.24, 2.45) is 11.8 Å². The van der Waals surface area contributed by atoms with Crippen LogP contribution in [0.5, 0.6) is 0 Å². The van der Waals surface area contributed by atoms with Crippen molar-refractivity contribution >= 4 is 17.5 Å². The molecule has 0 aliphatic rings. The lowest BCUT2D eigenvalue weighted by atomic mass is 10.1. The molecule has 0 fully saturated rings. The molecule has 0 spiro atoms. The Kier molecular flexibility index (Phi) is 4.16. The number of hydrazine groups is 1. The number of anilines is 2. The highest BCUT2D eigenvalue weighted by Gasteiger charge is 2.09. The molecule has 104 valence electrons. The van der Waals surface area contributed by atoms with E-state index < -0.39 is 0 Å². The third-order valence-electron chi connectivity index (χ3n) is 2.88. The molecule has 2 aromatic rings. The highest BCUT2D eigenvalue weighted by atomic mass is 15.4. The van der Waals surface area contributed by atoms with Crippen LogP contribution in [0, 0.1) is 5.92 Å². The van der Waals surface area contributed by atoms with Crippen LogP contribution in [0.15, 0.2) is 6.07 Å². The van der Waals surface area contributed by atoms with E-state index in [1.54, 1.807) is 4.52 Å². The van der Waals surface area contributed by atoms with Crippen molar-refractivity contribution in [3.63, 3.8) is 0 Å². The smallest absolute Gasteiger partial charge is 0.256 e. The van der Waals surface area contributed by atoms with Gasteiger partial charge in [-0.2, -0.15) is 9.50 Å². The van der Waals surface area contributed by atoms with Crippen LogP contribution in [0.25, 0.3) is 5.78 Å². The fourth-order valence-electron chi connectivity index (χ4n) is 1.75. The van der Waals surface area contributed by atoms with Gasteiger partial charge in [0.1, 0.15) is 5.82 Å². The molecular formula is C12H21N7. The van der Waals surface area contributed by atoms with E-state index in [1.165, 1.54) is 0 Å². The van der Waals surface area contributed by atoms with Gasteiger partial charge in [0, 0.05) is 18.3 Å². The van der Waals surface area contributed by atoms with Crippen LogP contribution in [0.3, 0.4) is 0 Å². The molecule has 0 saturated carbocycles. The van der Waals surface area contributed by atoms with Crippen molar-refractivity contribution in [1.29, 1.82) is 0 Å². The van der Waals surface area contributed by atoms with Gasteiger partial charge in [-0.1, -0.05) is 20.8 Å². The number of aromatic nitrogens is 4. The third-order valence-corrected chi connectivity index (χ3v) is 2.88. The van der Waals surface area contributed by atoms with Crippen molar-refractivity contribution < 1.29 is 0 Å². The predicted molar refractivity (Wildman–Crippen MR) is 75.9 cm³/mol. The molecule has 0 radical (unpaired) electrons. The lowest BCUT2D eigenvalue weighted by Gasteiger charge is -2.04. The van der Waals surface area contributed by atoms with Crippen LogP contribution in [0.2, 0.25) is 0 Å². The first-order chi connectivity index (χ1) is 9.13. The number of nitrogens with zero attached hydrogens (tertiary/aromatic N) is 4. The lowest BCUT2D eigenvalue weighted by molar-refractivity contribution is 0.606. The molecule has 0 aliphatic carbocycles. The largest absolute Gasteiger partial charge is 0.353 e. The molecule has 2 rings (SSSR count). The summed E-state index contributed by atoms with van der Waals surface area (Å²) >= 11 is 0. The highest BCUT2D eigenvalue weighted by molar-refractivity contribution is 5.47. The Hall–Kier alpha value is -1.89. The summed E-state index contributed by atoms with van der Waals surface area (Å²) in [5.41, 5.74) is 3.56. The maximum Gasteiger partial charge on any atom is 0.256 e. The van der Waals surface area contributed by atoms with Crippen molar-refractivity contribution in [2.45, 2.75) is 33.6 Å². The van der Waals surface area contributed by atoms with Crippen LogP contribution in [-0.2, 0) is 6.42 Å². The summed E-state index contributed by atoms with van der Waals surface area (Å²) < 4.78 is 1.61. The summed E-state index contributed by atoms with van der Waals surface area (Å²) in [6.45, 7) is 7.26. The average Bonchev–Trinajstić information content (AvgIpc) is 2.79. The Morgan fingerprint density at radius 2 is 2.16 bits per heavy atom. The van der Waals surface area contributed by atoms with Gasteiger partial charge < -0.3 is 10.7 Å². The molecule has 0 bridgehead atoms. The zero-order valence-electron chi connectivity index (χ0n) is 11.6. The monoisotopic (exact) mass is 263 g/mol. The number of hydrogen-bond acceptors (Lipinski definition) is 6. The molecule has 0 atom stereocenters. The molecule has 0 unspecified atom stereocenters. The van der Waals surface area contributed by atoms with Crippen molar-refractivity contribution in [3.8, 4) is 0 Å². The minimum atomic E-state index is 0.555. The van der Waals surface area contributed by atoms with Gasteiger partial charge in [-0.15, -0.1) is 5.10 Å². The molecule has 4 N–H and O–H groups in total. The quantitative estimate of drug-likeness (QED) is 0.539. The zero-order chi connectivity index (χ0) is 13.8. The molecule has 2 heterocycles. The number of nitrogens with two attached hydrogens (primary N) is 1. The second-order valence-corrected chi connectivity index (χ2v) is 4.89.